The van der Waals surface area contributed by atoms with Crippen molar-refractivity contribution in [3.8, 4) is 0 Å². The molecule has 0 saturated carbocycles. The molecular weight excluding hydrogens is 265 g/mol. The van der Waals surface area contributed by atoms with Crippen LogP contribution in [0, 0.1) is 0 Å². The number of carboxylic acids is 1. The molecule has 0 amide bonds. The van der Waals surface area contributed by atoms with E-state index in [1.807, 2.05) is 0 Å². The molecule has 106 valence electrons. The first-order chi connectivity index (χ1) is 7.22. The summed E-state index contributed by atoms with van der Waals surface area (Å²) >= 11 is 0. The second-order valence-corrected chi connectivity index (χ2v) is 3.72. The maximum absolute atomic E-state index is 10.4. The molecule has 8 nitrogen and oxygen atoms in total. The van der Waals surface area contributed by atoms with Crippen LogP contribution in [0.1, 0.15) is 19.3 Å². The smallest absolute Gasteiger partial charge is 0.480 e. The average Bonchev–Trinajstić information content (AvgIpc) is 2.09. The van der Waals surface area contributed by atoms with Gasteiger partial charge < -0.3 is 16.0 Å². The van der Waals surface area contributed by atoms with Gasteiger partial charge in [0.1, 0.15) is 6.04 Å². The maximum Gasteiger partial charge on any atom is 0.507 e. The van der Waals surface area contributed by atoms with E-state index in [0.29, 0.717) is 19.4 Å². The third-order valence-electron chi connectivity index (χ3n) is 1.40. The molecule has 0 aliphatic heterocycles. The van der Waals surface area contributed by atoms with Gasteiger partial charge in [0.2, 0.25) is 0 Å². The summed E-state index contributed by atoms with van der Waals surface area (Å²) in [7, 11) is -5.14. The second kappa shape index (κ2) is 11.8. The number of aliphatic carboxylic acids is 1. The lowest BCUT2D eigenvalue weighted by atomic mass is 10.1. The summed E-state index contributed by atoms with van der Waals surface area (Å²) in [6.07, 6.45) is 1.90. The molecule has 0 saturated heterocycles. The highest BCUT2D eigenvalue weighted by atomic mass is 31.2. The predicted octanol–water partition coefficient (Wildman–Crippen LogP) is -0.251. The Morgan fingerprint density at radius 3 is 2.06 bits per heavy atom. The van der Waals surface area contributed by atoms with Crippen LogP contribution in [0.4, 0.5) is 8.90 Å². The van der Waals surface area contributed by atoms with Gasteiger partial charge in [-0.25, -0.2) is 4.57 Å². The number of rotatable bonds is 6. The topological polar surface area (TPSA) is 153 Å². The largest absolute Gasteiger partial charge is 0.507 e. The van der Waals surface area contributed by atoms with E-state index >= 15 is 0 Å². The summed E-state index contributed by atoms with van der Waals surface area (Å²) in [5.74, 6) is -1.04. The van der Waals surface area contributed by atoms with E-state index in [1.165, 1.54) is 0 Å². The number of hydroxylamine groups is 1. The van der Waals surface area contributed by atoms with Crippen LogP contribution in [0.25, 0.3) is 0 Å². The van der Waals surface area contributed by atoms with E-state index in [1.54, 1.807) is 5.48 Å². The molecule has 0 aromatic rings. The molecule has 1 unspecified atom stereocenters. The van der Waals surface area contributed by atoms with Crippen LogP contribution in [-0.2, 0) is 9.36 Å². The van der Waals surface area contributed by atoms with E-state index in [2.05, 4.69) is 0 Å². The Bertz CT molecular complexity index is 230. The Hall–Kier alpha value is -0.640. The van der Waals surface area contributed by atoms with Crippen molar-refractivity contribution in [2.45, 2.75) is 25.3 Å². The Morgan fingerprint density at radius 1 is 1.41 bits per heavy atom. The molecule has 7 N–H and O–H groups in total. The van der Waals surface area contributed by atoms with Crippen LogP contribution in [-0.4, -0.2) is 38.7 Å². The standard InChI is InChI=1S/C6H14N2O3.FH2O3P.FH/c7-4-2-1-3-5(8-11)6(9)10;1-5(2,3)4;/h5,8,11H,1-4,7H2,(H,9,10);(H2,2,3,4);1H. The van der Waals surface area contributed by atoms with Crippen LogP contribution in [0.5, 0.6) is 0 Å². The van der Waals surface area contributed by atoms with Gasteiger partial charge in [-0.3, -0.25) is 19.3 Å². The molecule has 0 rings (SSSR count). The molecule has 1 atom stereocenters. The van der Waals surface area contributed by atoms with Crippen molar-refractivity contribution in [2.75, 3.05) is 6.54 Å². The summed E-state index contributed by atoms with van der Waals surface area (Å²) < 4.78 is 19.0. The van der Waals surface area contributed by atoms with Crippen LogP contribution in [0.15, 0.2) is 0 Å². The first kappa shape index (κ1) is 21.6. The molecule has 0 aliphatic rings. The quantitative estimate of drug-likeness (QED) is 0.221. The van der Waals surface area contributed by atoms with E-state index in [9.17, 15) is 8.99 Å². The zero-order valence-electron chi connectivity index (χ0n) is 8.82. The maximum atomic E-state index is 10.4. The van der Waals surface area contributed by atoms with Crippen LogP contribution in [0.3, 0.4) is 0 Å². The van der Waals surface area contributed by atoms with Crippen LogP contribution >= 0.6 is 7.91 Å². The van der Waals surface area contributed by atoms with Crippen LogP contribution in [0.2, 0.25) is 0 Å². The van der Waals surface area contributed by atoms with E-state index in [-0.39, 0.29) is 4.70 Å². The summed E-state index contributed by atoms with van der Waals surface area (Å²) in [6.45, 7) is 0.553. The fourth-order valence-electron chi connectivity index (χ4n) is 0.736. The molecule has 0 aliphatic carbocycles. The molecule has 0 aromatic carbocycles. The number of carboxylic acid groups (broad SMARTS) is 1. The molecule has 0 heterocycles. The van der Waals surface area contributed by atoms with Crippen molar-refractivity contribution in [3.63, 3.8) is 0 Å². The zero-order chi connectivity index (χ0) is 13.2. The summed E-state index contributed by atoms with van der Waals surface area (Å²) in [5.41, 5.74) is 6.92. The minimum Gasteiger partial charge on any atom is -0.480 e. The zero-order valence-corrected chi connectivity index (χ0v) is 9.72. The van der Waals surface area contributed by atoms with Crippen molar-refractivity contribution in [1.82, 2.24) is 5.48 Å². The lowest BCUT2D eigenvalue weighted by molar-refractivity contribution is -0.142. The van der Waals surface area contributed by atoms with Gasteiger partial charge in [-0.2, -0.15) is 5.48 Å². The van der Waals surface area contributed by atoms with Crippen molar-refractivity contribution in [3.05, 3.63) is 0 Å². The highest BCUT2D eigenvalue weighted by Crippen LogP contribution is 2.34. The summed E-state index contributed by atoms with van der Waals surface area (Å²) in [5, 5.41) is 16.8. The van der Waals surface area contributed by atoms with Gasteiger partial charge in [-0.1, -0.05) is 0 Å². The SMILES string of the molecule is F.NCCCCC(NO)C(=O)O.O=P(O)(O)F. The third-order valence-corrected chi connectivity index (χ3v) is 1.40. The van der Waals surface area contributed by atoms with Crippen molar-refractivity contribution in [2.24, 2.45) is 5.73 Å². The Kier molecular flexibility index (Phi) is 15.1. The van der Waals surface area contributed by atoms with E-state index in [0.717, 1.165) is 6.42 Å². The van der Waals surface area contributed by atoms with Gasteiger partial charge in [0.15, 0.2) is 0 Å². The van der Waals surface area contributed by atoms with Gasteiger partial charge in [0.25, 0.3) is 0 Å². The molecule has 0 aromatic heterocycles. The Morgan fingerprint density at radius 2 is 1.82 bits per heavy atom. The number of hydrogen-bond donors (Lipinski definition) is 6. The molecule has 17 heavy (non-hydrogen) atoms. The van der Waals surface area contributed by atoms with Gasteiger partial charge in [-0.15, -0.1) is 4.20 Å². The molecule has 0 bridgehead atoms. The van der Waals surface area contributed by atoms with Gasteiger partial charge in [-0.05, 0) is 25.8 Å². The highest BCUT2D eigenvalue weighted by molar-refractivity contribution is 7.45. The van der Waals surface area contributed by atoms with Gasteiger partial charge in [0, 0.05) is 0 Å². The number of carbonyl (C=O) groups is 1. The fourth-order valence-corrected chi connectivity index (χ4v) is 0.736. The number of hydrogen-bond acceptors (Lipinski definition) is 5. The number of nitrogens with one attached hydrogen (secondary N) is 1. The Labute approximate surface area is 96.2 Å². The minimum absolute atomic E-state index is 0. The number of unbranched alkanes of at least 4 members (excludes halogenated alkanes) is 1. The van der Waals surface area contributed by atoms with Crippen molar-refractivity contribution < 1.29 is 38.4 Å². The number of halogens is 2. The van der Waals surface area contributed by atoms with E-state index in [4.69, 9.17) is 30.4 Å². The van der Waals surface area contributed by atoms with Crippen molar-refractivity contribution in [1.29, 1.82) is 0 Å². The molecular formula is C6H17F2N2O6P. The monoisotopic (exact) mass is 282 g/mol. The van der Waals surface area contributed by atoms with Crippen LogP contribution < -0.4 is 11.2 Å². The fraction of sp³-hybridized carbons (Fsp3) is 0.833. The first-order valence-electron chi connectivity index (χ1n) is 4.30. The minimum atomic E-state index is -5.14. The molecule has 0 spiro atoms. The Balaban J connectivity index is -0.000000280. The third kappa shape index (κ3) is 25.5. The molecule has 0 fully saturated rings. The molecule has 0 radical (unpaired) electrons. The van der Waals surface area contributed by atoms with E-state index < -0.39 is 19.9 Å². The molecule has 11 heteroatoms. The highest BCUT2D eigenvalue weighted by Gasteiger charge is 2.14. The lowest BCUT2D eigenvalue weighted by Gasteiger charge is -2.08. The summed E-state index contributed by atoms with van der Waals surface area (Å²) in [6, 6.07) is -0.860. The van der Waals surface area contributed by atoms with Gasteiger partial charge >= 0.3 is 13.9 Å². The number of nitrogens with two attached hydrogens (primary N) is 1. The van der Waals surface area contributed by atoms with Gasteiger partial charge in [0.05, 0.1) is 0 Å². The lowest BCUT2D eigenvalue weighted by Crippen LogP contribution is -2.34. The first-order valence-corrected chi connectivity index (χ1v) is 5.80. The second-order valence-electron chi connectivity index (χ2n) is 2.78. The normalized spacial score (nSPS) is 11.8. The predicted molar refractivity (Wildman–Crippen MR) is 54.9 cm³/mol. The average molecular weight is 282 g/mol. The van der Waals surface area contributed by atoms with Crippen molar-refractivity contribution >= 4 is 13.9 Å². The summed E-state index contributed by atoms with van der Waals surface area (Å²) in [4.78, 5) is 24.2.